The van der Waals surface area contributed by atoms with Crippen LogP contribution in [0.4, 0.5) is 20.2 Å². The topological polar surface area (TPSA) is 32.3 Å². The Morgan fingerprint density at radius 2 is 1.86 bits per heavy atom. The van der Waals surface area contributed by atoms with E-state index in [-0.39, 0.29) is 18.0 Å². The first-order valence-electron chi connectivity index (χ1n) is 7.22. The molecule has 1 saturated heterocycles. The molecule has 1 heterocycles. The summed E-state index contributed by atoms with van der Waals surface area (Å²) in [5, 5.41) is 3.05. The van der Waals surface area contributed by atoms with Gasteiger partial charge in [-0.2, -0.15) is 0 Å². The summed E-state index contributed by atoms with van der Waals surface area (Å²) in [5.41, 5.74) is 1.93. The third kappa shape index (κ3) is 2.93. The van der Waals surface area contributed by atoms with Crippen molar-refractivity contribution in [3.05, 3.63) is 59.7 Å². The molecular formula is C17H16F2N2O. The molecule has 3 rings (SSSR count). The van der Waals surface area contributed by atoms with Crippen LogP contribution in [0.2, 0.25) is 0 Å². The number of carbonyl (C=O) groups excluding carboxylic acids is 1. The molecule has 0 spiro atoms. The molecule has 1 aliphatic heterocycles. The monoisotopic (exact) mass is 302 g/mol. The van der Waals surface area contributed by atoms with Crippen LogP contribution < -0.4 is 10.2 Å². The molecule has 0 bridgehead atoms. The van der Waals surface area contributed by atoms with Crippen molar-refractivity contribution >= 4 is 17.3 Å². The normalized spacial score (nSPS) is 14.5. The zero-order valence-corrected chi connectivity index (χ0v) is 12.0. The number of hydrogen-bond donors (Lipinski definition) is 1. The lowest BCUT2D eigenvalue weighted by atomic mass is 10.2. The second-order valence-electron chi connectivity index (χ2n) is 5.26. The summed E-state index contributed by atoms with van der Waals surface area (Å²) in [5.74, 6) is -1.53. The molecule has 22 heavy (non-hydrogen) atoms. The van der Waals surface area contributed by atoms with E-state index in [2.05, 4.69) is 5.32 Å². The average Bonchev–Trinajstić information content (AvgIpc) is 2.95. The number of anilines is 2. The Bertz CT molecular complexity index is 686. The molecular weight excluding hydrogens is 286 g/mol. The fourth-order valence-corrected chi connectivity index (χ4v) is 2.56. The Hall–Kier alpha value is -2.43. The van der Waals surface area contributed by atoms with Gasteiger partial charge in [0.2, 0.25) is 5.91 Å². The lowest BCUT2D eigenvalue weighted by molar-refractivity contribution is -0.117. The number of carbonyl (C=O) groups is 1. The van der Waals surface area contributed by atoms with Gasteiger partial charge in [0.1, 0.15) is 0 Å². The minimum absolute atomic E-state index is 0.141. The van der Waals surface area contributed by atoms with Gasteiger partial charge in [-0.05, 0) is 36.8 Å². The van der Waals surface area contributed by atoms with Gasteiger partial charge in [-0.25, -0.2) is 8.78 Å². The maximum Gasteiger partial charge on any atom is 0.227 e. The predicted octanol–water partition coefficient (Wildman–Crippen LogP) is 3.70. The maximum absolute atomic E-state index is 13.6. The highest BCUT2D eigenvalue weighted by Crippen LogP contribution is 2.23. The first kappa shape index (κ1) is 14.5. The van der Waals surface area contributed by atoms with Crippen molar-refractivity contribution < 1.29 is 13.6 Å². The van der Waals surface area contributed by atoms with Crippen LogP contribution in [-0.2, 0) is 11.3 Å². The number of halogens is 2. The molecule has 0 unspecified atom stereocenters. The van der Waals surface area contributed by atoms with Crippen LogP contribution in [0.1, 0.15) is 18.4 Å². The van der Waals surface area contributed by atoms with Crippen LogP contribution in [0.15, 0.2) is 42.5 Å². The summed E-state index contributed by atoms with van der Waals surface area (Å²) in [6.45, 7) is 0.950. The van der Waals surface area contributed by atoms with E-state index in [9.17, 15) is 13.6 Å². The highest BCUT2D eigenvalue weighted by atomic mass is 19.2. The van der Waals surface area contributed by atoms with Crippen molar-refractivity contribution in [2.45, 2.75) is 19.4 Å². The quantitative estimate of drug-likeness (QED) is 0.934. The smallest absolute Gasteiger partial charge is 0.227 e. The fourth-order valence-electron chi connectivity index (χ4n) is 2.56. The lowest BCUT2D eigenvalue weighted by Gasteiger charge is -2.16. The Labute approximate surface area is 127 Å². The summed E-state index contributed by atoms with van der Waals surface area (Å²) in [6, 6.07) is 11.5. The highest BCUT2D eigenvalue weighted by molar-refractivity contribution is 5.95. The van der Waals surface area contributed by atoms with E-state index < -0.39 is 11.6 Å². The van der Waals surface area contributed by atoms with Crippen LogP contribution in [0.3, 0.4) is 0 Å². The minimum atomic E-state index is -0.845. The SMILES string of the molecule is O=C1CCCN1c1ccc(NCc2cccc(F)c2F)cc1. The molecule has 5 heteroatoms. The van der Waals surface area contributed by atoms with Gasteiger partial charge < -0.3 is 10.2 Å². The second-order valence-corrected chi connectivity index (χ2v) is 5.26. The molecule has 1 N–H and O–H groups in total. The van der Waals surface area contributed by atoms with Gasteiger partial charge in [0.25, 0.3) is 0 Å². The molecule has 1 fully saturated rings. The first-order chi connectivity index (χ1) is 10.6. The molecule has 1 amide bonds. The number of rotatable bonds is 4. The van der Waals surface area contributed by atoms with Gasteiger partial charge in [-0.1, -0.05) is 12.1 Å². The maximum atomic E-state index is 13.6. The van der Waals surface area contributed by atoms with E-state index in [1.807, 2.05) is 24.3 Å². The van der Waals surface area contributed by atoms with E-state index in [1.165, 1.54) is 6.07 Å². The molecule has 3 nitrogen and oxygen atoms in total. The summed E-state index contributed by atoms with van der Waals surface area (Å²) in [6.07, 6.45) is 1.48. The van der Waals surface area contributed by atoms with Crippen molar-refractivity contribution in [1.82, 2.24) is 0 Å². The summed E-state index contributed by atoms with van der Waals surface area (Å²) in [7, 11) is 0. The highest BCUT2D eigenvalue weighted by Gasteiger charge is 2.21. The number of benzene rings is 2. The summed E-state index contributed by atoms with van der Waals surface area (Å²) in [4.78, 5) is 13.4. The zero-order chi connectivity index (χ0) is 15.5. The predicted molar refractivity (Wildman–Crippen MR) is 81.7 cm³/mol. The van der Waals surface area contributed by atoms with Gasteiger partial charge in [0.05, 0.1) is 0 Å². The third-order valence-electron chi connectivity index (χ3n) is 3.77. The van der Waals surface area contributed by atoms with E-state index in [1.54, 1.807) is 11.0 Å². The van der Waals surface area contributed by atoms with Gasteiger partial charge in [0.15, 0.2) is 11.6 Å². The van der Waals surface area contributed by atoms with E-state index in [0.29, 0.717) is 6.42 Å². The fraction of sp³-hybridized carbons (Fsp3) is 0.235. The van der Waals surface area contributed by atoms with Gasteiger partial charge >= 0.3 is 0 Å². The van der Waals surface area contributed by atoms with Crippen LogP contribution in [0, 0.1) is 11.6 Å². The van der Waals surface area contributed by atoms with Gasteiger partial charge in [-0.15, -0.1) is 0 Å². The Balaban J connectivity index is 1.66. The Kier molecular flexibility index (Phi) is 4.04. The average molecular weight is 302 g/mol. The molecule has 2 aromatic rings. The standard InChI is InChI=1S/C17H16F2N2O/c18-15-4-1-3-12(17(15)19)11-20-13-6-8-14(9-7-13)21-10-2-5-16(21)22/h1,3-4,6-9,20H,2,5,10-11H2. The summed E-state index contributed by atoms with van der Waals surface area (Å²) >= 11 is 0. The van der Waals surface area contributed by atoms with Crippen molar-refractivity contribution in [3.63, 3.8) is 0 Å². The Morgan fingerprint density at radius 3 is 2.55 bits per heavy atom. The van der Waals surface area contributed by atoms with E-state index >= 15 is 0 Å². The molecule has 0 aliphatic carbocycles. The van der Waals surface area contributed by atoms with Crippen LogP contribution >= 0.6 is 0 Å². The van der Waals surface area contributed by atoms with Crippen LogP contribution in [-0.4, -0.2) is 12.5 Å². The second kappa shape index (κ2) is 6.13. The number of nitrogens with one attached hydrogen (secondary N) is 1. The van der Waals surface area contributed by atoms with E-state index in [4.69, 9.17) is 0 Å². The first-order valence-corrected chi connectivity index (χ1v) is 7.22. The van der Waals surface area contributed by atoms with E-state index in [0.717, 1.165) is 30.4 Å². The zero-order valence-electron chi connectivity index (χ0n) is 12.0. The largest absolute Gasteiger partial charge is 0.381 e. The number of amides is 1. The van der Waals surface area contributed by atoms with Gasteiger partial charge in [-0.3, -0.25) is 4.79 Å². The van der Waals surface area contributed by atoms with Crippen LogP contribution in [0.25, 0.3) is 0 Å². The molecule has 0 saturated carbocycles. The molecule has 1 aliphatic rings. The minimum Gasteiger partial charge on any atom is -0.381 e. The van der Waals surface area contributed by atoms with Crippen molar-refractivity contribution in [1.29, 1.82) is 0 Å². The molecule has 114 valence electrons. The van der Waals surface area contributed by atoms with Crippen molar-refractivity contribution in [2.24, 2.45) is 0 Å². The third-order valence-corrected chi connectivity index (χ3v) is 3.77. The Morgan fingerprint density at radius 1 is 1.09 bits per heavy atom. The van der Waals surface area contributed by atoms with Crippen molar-refractivity contribution in [2.75, 3.05) is 16.8 Å². The number of hydrogen-bond acceptors (Lipinski definition) is 2. The molecule has 0 radical (unpaired) electrons. The van der Waals surface area contributed by atoms with Crippen molar-refractivity contribution in [3.8, 4) is 0 Å². The lowest BCUT2D eigenvalue weighted by Crippen LogP contribution is -2.23. The summed E-state index contributed by atoms with van der Waals surface area (Å²) < 4.78 is 26.7. The van der Waals surface area contributed by atoms with Crippen LogP contribution in [0.5, 0.6) is 0 Å². The number of nitrogens with zero attached hydrogens (tertiary/aromatic N) is 1. The molecule has 0 aromatic heterocycles. The van der Waals surface area contributed by atoms with Gasteiger partial charge in [0, 0.05) is 36.4 Å². The molecule has 2 aromatic carbocycles. The molecule has 0 atom stereocenters.